The molecule has 0 N–H and O–H groups in total. The summed E-state index contributed by atoms with van der Waals surface area (Å²) in [4.78, 5) is 2.51. The van der Waals surface area contributed by atoms with Crippen LogP contribution in [0, 0.1) is 0 Å². The first-order chi connectivity index (χ1) is 27.6. The SMILES string of the molecule is CC1=C(N(c2ccccc2)C(C)c2ccc(-c3ccc4c(-c5cccc6ccccc56)c5ccccc5c(-c5cccc6ccccc56)c4c3)cc2)C=CCC1. The van der Waals surface area contributed by atoms with E-state index in [1.165, 1.54) is 99.0 Å². The van der Waals surface area contributed by atoms with Crippen LogP contribution in [0.2, 0.25) is 0 Å². The zero-order valence-corrected chi connectivity index (χ0v) is 31.9. The monoisotopic (exact) mass is 717 g/mol. The zero-order chi connectivity index (χ0) is 37.6. The van der Waals surface area contributed by atoms with Crippen LogP contribution in [-0.4, -0.2) is 0 Å². The van der Waals surface area contributed by atoms with E-state index in [-0.39, 0.29) is 6.04 Å². The smallest absolute Gasteiger partial charge is 0.0563 e. The molecule has 9 aromatic rings. The number of allylic oxidation sites excluding steroid dienone is 3. The van der Waals surface area contributed by atoms with E-state index < -0.39 is 0 Å². The van der Waals surface area contributed by atoms with Crippen LogP contribution < -0.4 is 4.90 Å². The second-order valence-corrected chi connectivity index (χ2v) is 15.2. The molecule has 1 unspecified atom stereocenters. The van der Waals surface area contributed by atoms with Gasteiger partial charge < -0.3 is 4.90 Å². The van der Waals surface area contributed by atoms with Gasteiger partial charge in [0.15, 0.2) is 0 Å². The second-order valence-electron chi connectivity index (χ2n) is 15.2. The maximum atomic E-state index is 2.51. The number of benzene rings is 9. The lowest BCUT2D eigenvalue weighted by Crippen LogP contribution is -2.27. The highest BCUT2D eigenvalue weighted by Gasteiger charge is 2.23. The number of anilines is 1. The third-order valence-corrected chi connectivity index (χ3v) is 11.9. The van der Waals surface area contributed by atoms with Gasteiger partial charge >= 0.3 is 0 Å². The van der Waals surface area contributed by atoms with Gasteiger partial charge in [0.1, 0.15) is 0 Å². The van der Waals surface area contributed by atoms with Crippen LogP contribution in [0.15, 0.2) is 205 Å². The van der Waals surface area contributed by atoms with E-state index in [0.717, 1.165) is 12.8 Å². The molecule has 10 rings (SSSR count). The van der Waals surface area contributed by atoms with Crippen molar-refractivity contribution in [2.45, 2.75) is 32.7 Å². The highest BCUT2D eigenvalue weighted by molar-refractivity contribution is 6.25. The van der Waals surface area contributed by atoms with E-state index in [1.54, 1.807) is 0 Å². The van der Waals surface area contributed by atoms with Crippen molar-refractivity contribution in [1.29, 1.82) is 0 Å². The van der Waals surface area contributed by atoms with Gasteiger partial charge in [-0.05, 0) is 139 Å². The van der Waals surface area contributed by atoms with Crippen LogP contribution in [0.1, 0.15) is 38.3 Å². The summed E-state index contributed by atoms with van der Waals surface area (Å²) in [6, 6.07) is 67.5. The molecule has 56 heavy (non-hydrogen) atoms. The average Bonchev–Trinajstić information content (AvgIpc) is 3.26. The lowest BCUT2D eigenvalue weighted by molar-refractivity contribution is 0.732. The third-order valence-electron chi connectivity index (χ3n) is 11.9. The predicted octanol–water partition coefficient (Wildman–Crippen LogP) is 15.5. The minimum Gasteiger partial charge on any atom is -0.334 e. The number of nitrogens with zero attached hydrogens (tertiary/aromatic N) is 1. The van der Waals surface area contributed by atoms with Crippen molar-refractivity contribution in [3.63, 3.8) is 0 Å². The Balaban J connectivity index is 1.17. The number of para-hydroxylation sites is 1. The Bertz CT molecular complexity index is 2970. The van der Waals surface area contributed by atoms with Crippen LogP contribution in [0.4, 0.5) is 5.69 Å². The maximum absolute atomic E-state index is 2.51. The average molecular weight is 718 g/mol. The summed E-state index contributed by atoms with van der Waals surface area (Å²) in [5.74, 6) is 0. The number of hydrogen-bond acceptors (Lipinski definition) is 1. The van der Waals surface area contributed by atoms with Gasteiger partial charge in [0.2, 0.25) is 0 Å². The Kier molecular flexibility index (Phi) is 8.57. The molecule has 1 aliphatic carbocycles. The van der Waals surface area contributed by atoms with E-state index >= 15 is 0 Å². The van der Waals surface area contributed by atoms with Crippen molar-refractivity contribution >= 4 is 48.8 Å². The molecule has 0 radical (unpaired) electrons. The van der Waals surface area contributed by atoms with Crippen LogP contribution in [-0.2, 0) is 0 Å². The van der Waals surface area contributed by atoms with Crippen LogP contribution in [0.25, 0.3) is 76.5 Å². The molecule has 9 aromatic carbocycles. The molecule has 0 saturated carbocycles. The molecule has 0 heterocycles. The first-order valence-corrected chi connectivity index (χ1v) is 19.9. The van der Waals surface area contributed by atoms with Gasteiger partial charge in [-0.2, -0.15) is 0 Å². The van der Waals surface area contributed by atoms with Crippen molar-refractivity contribution in [3.8, 4) is 33.4 Å². The van der Waals surface area contributed by atoms with Crippen molar-refractivity contribution in [1.82, 2.24) is 0 Å². The molecule has 0 amide bonds. The van der Waals surface area contributed by atoms with Crippen molar-refractivity contribution in [2.24, 2.45) is 0 Å². The van der Waals surface area contributed by atoms with E-state index in [9.17, 15) is 0 Å². The summed E-state index contributed by atoms with van der Waals surface area (Å²) < 4.78 is 0. The summed E-state index contributed by atoms with van der Waals surface area (Å²) in [6.07, 6.45) is 6.83. The zero-order valence-electron chi connectivity index (χ0n) is 31.9. The second kappa shape index (κ2) is 14.2. The van der Waals surface area contributed by atoms with Crippen LogP contribution >= 0.6 is 0 Å². The van der Waals surface area contributed by atoms with Gasteiger partial charge in [-0.25, -0.2) is 0 Å². The lowest BCUT2D eigenvalue weighted by Gasteiger charge is -2.35. The fourth-order valence-corrected chi connectivity index (χ4v) is 9.14. The van der Waals surface area contributed by atoms with Crippen LogP contribution in [0.3, 0.4) is 0 Å². The number of fused-ring (bicyclic) bond motifs is 4. The molecule has 0 saturated heterocycles. The molecular formula is C55H43N. The Morgan fingerprint density at radius 3 is 1.61 bits per heavy atom. The van der Waals surface area contributed by atoms with E-state index in [2.05, 4.69) is 213 Å². The van der Waals surface area contributed by atoms with Gasteiger partial charge in [0.05, 0.1) is 6.04 Å². The summed E-state index contributed by atoms with van der Waals surface area (Å²) in [5, 5.41) is 10.1. The number of hydrogen-bond donors (Lipinski definition) is 0. The lowest BCUT2D eigenvalue weighted by atomic mass is 9.83. The minimum absolute atomic E-state index is 0.156. The van der Waals surface area contributed by atoms with Crippen molar-refractivity contribution in [2.75, 3.05) is 4.90 Å². The van der Waals surface area contributed by atoms with Crippen LogP contribution in [0.5, 0.6) is 0 Å². The molecule has 0 fully saturated rings. The first kappa shape index (κ1) is 33.8. The topological polar surface area (TPSA) is 3.24 Å². The quantitative estimate of drug-likeness (QED) is 0.148. The normalized spacial score (nSPS) is 13.5. The molecule has 0 aliphatic heterocycles. The molecule has 1 aliphatic rings. The summed E-state index contributed by atoms with van der Waals surface area (Å²) in [5.41, 5.74) is 12.8. The first-order valence-electron chi connectivity index (χ1n) is 19.9. The predicted molar refractivity (Wildman–Crippen MR) is 241 cm³/mol. The Hall–Kier alpha value is -6.70. The standard InChI is InChI=1S/C55H43N/c1-37-16-6-13-29-53(37)56(44-21-4-3-5-22-44)38(2)39-30-32-40(33-31-39)43-34-35-51-52(36-43)55(48-28-15-20-42-18-8-10-24-46(42)48)50-26-12-11-25-49(50)54(51)47-27-14-19-41-17-7-9-23-45(41)47/h3-5,7-15,17-36,38H,6,16H2,1-2H3. The van der Waals surface area contributed by atoms with Gasteiger partial charge in [-0.15, -0.1) is 0 Å². The highest BCUT2D eigenvalue weighted by Crippen LogP contribution is 2.47. The molecule has 1 heteroatoms. The van der Waals surface area contributed by atoms with E-state index in [1.807, 2.05) is 0 Å². The minimum atomic E-state index is 0.156. The molecule has 1 atom stereocenters. The van der Waals surface area contributed by atoms with Crippen molar-refractivity contribution < 1.29 is 0 Å². The summed E-state index contributed by atoms with van der Waals surface area (Å²) in [6.45, 7) is 4.61. The Morgan fingerprint density at radius 2 is 0.982 bits per heavy atom. The maximum Gasteiger partial charge on any atom is 0.0563 e. The van der Waals surface area contributed by atoms with Gasteiger partial charge in [-0.1, -0.05) is 170 Å². The van der Waals surface area contributed by atoms with Gasteiger partial charge in [0, 0.05) is 11.4 Å². The summed E-state index contributed by atoms with van der Waals surface area (Å²) >= 11 is 0. The Morgan fingerprint density at radius 1 is 0.464 bits per heavy atom. The highest BCUT2D eigenvalue weighted by atomic mass is 15.2. The molecule has 268 valence electrons. The van der Waals surface area contributed by atoms with E-state index in [0.29, 0.717) is 0 Å². The molecule has 0 aromatic heterocycles. The van der Waals surface area contributed by atoms with Gasteiger partial charge in [0.25, 0.3) is 0 Å². The fraction of sp³-hybridized carbons (Fsp3) is 0.0909. The molecular weight excluding hydrogens is 675 g/mol. The molecule has 1 nitrogen and oxygen atoms in total. The molecule has 0 bridgehead atoms. The summed E-state index contributed by atoms with van der Waals surface area (Å²) in [7, 11) is 0. The van der Waals surface area contributed by atoms with Crippen molar-refractivity contribution in [3.05, 3.63) is 211 Å². The number of rotatable bonds is 7. The van der Waals surface area contributed by atoms with Gasteiger partial charge in [-0.3, -0.25) is 0 Å². The Labute approximate surface area is 329 Å². The largest absolute Gasteiger partial charge is 0.334 e. The van der Waals surface area contributed by atoms with E-state index in [4.69, 9.17) is 0 Å². The fourth-order valence-electron chi connectivity index (χ4n) is 9.14. The molecule has 0 spiro atoms. The third kappa shape index (κ3) is 5.79.